The number of alkyl halides is 3. The highest BCUT2D eigenvalue weighted by atomic mass is 19.4. The largest absolute Gasteiger partial charge is 0.416 e. The number of rotatable bonds is 2. The zero-order valence-electron chi connectivity index (χ0n) is 11.2. The maximum absolute atomic E-state index is 13.8. The normalized spacial score (nSPS) is 12.3. The molecule has 108 valence electrons. The van der Waals surface area contributed by atoms with Crippen molar-refractivity contribution in [1.29, 1.82) is 0 Å². The summed E-state index contributed by atoms with van der Waals surface area (Å²) in [6.07, 6.45) is -4.60. The number of hydrogen-bond acceptors (Lipinski definition) is 1. The van der Waals surface area contributed by atoms with Crippen molar-refractivity contribution in [1.82, 2.24) is 4.90 Å². The molecule has 0 spiro atoms. The minimum atomic E-state index is -4.60. The van der Waals surface area contributed by atoms with Crippen LogP contribution in [0.5, 0.6) is 0 Å². The van der Waals surface area contributed by atoms with Crippen molar-refractivity contribution >= 4 is 5.91 Å². The minimum absolute atomic E-state index is 0.00625. The van der Waals surface area contributed by atoms with Crippen LogP contribution in [0.2, 0.25) is 0 Å². The molecular formula is C14H13F4NO. The van der Waals surface area contributed by atoms with Crippen LogP contribution in [0.25, 0.3) is 0 Å². The van der Waals surface area contributed by atoms with Gasteiger partial charge in [0.2, 0.25) is 0 Å². The van der Waals surface area contributed by atoms with Gasteiger partial charge in [0, 0.05) is 12.6 Å². The summed E-state index contributed by atoms with van der Waals surface area (Å²) in [7, 11) is 1.41. The van der Waals surface area contributed by atoms with Gasteiger partial charge in [-0.25, -0.2) is 4.39 Å². The molecule has 0 saturated heterocycles. The van der Waals surface area contributed by atoms with Crippen molar-refractivity contribution in [2.45, 2.75) is 26.1 Å². The molecule has 1 aromatic rings. The lowest BCUT2D eigenvalue weighted by atomic mass is 10.0. The Morgan fingerprint density at radius 1 is 1.35 bits per heavy atom. The molecule has 0 aliphatic rings. The van der Waals surface area contributed by atoms with Gasteiger partial charge in [0.25, 0.3) is 5.91 Å². The van der Waals surface area contributed by atoms with Gasteiger partial charge < -0.3 is 4.90 Å². The van der Waals surface area contributed by atoms with E-state index < -0.39 is 29.5 Å². The maximum Gasteiger partial charge on any atom is 0.416 e. The lowest BCUT2D eigenvalue weighted by Crippen LogP contribution is -2.29. The van der Waals surface area contributed by atoms with Gasteiger partial charge >= 0.3 is 6.18 Å². The molecule has 0 radical (unpaired) electrons. The van der Waals surface area contributed by atoms with Gasteiger partial charge in [0.05, 0.1) is 11.6 Å². The van der Waals surface area contributed by atoms with E-state index in [1.165, 1.54) is 25.8 Å². The fraction of sp³-hybridized carbons (Fsp3) is 0.357. The molecule has 20 heavy (non-hydrogen) atoms. The van der Waals surface area contributed by atoms with E-state index in [0.717, 1.165) is 12.1 Å². The number of hydrogen-bond donors (Lipinski definition) is 0. The highest BCUT2D eigenvalue weighted by Crippen LogP contribution is 2.32. The number of nitrogens with zero attached hydrogens (tertiary/aromatic N) is 1. The number of benzene rings is 1. The standard InChI is InChI=1S/C14H13F4NO/c1-4-5-13(20)19(3)9(2)11-7-6-10(8-12(11)15)14(16,17)18/h6-9H,1-3H3. The summed E-state index contributed by atoms with van der Waals surface area (Å²) in [5, 5.41) is 0. The van der Waals surface area contributed by atoms with Crippen molar-refractivity contribution in [3.05, 3.63) is 35.1 Å². The van der Waals surface area contributed by atoms with Crippen LogP contribution in [0, 0.1) is 17.7 Å². The Labute approximate surface area is 114 Å². The van der Waals surface area contributed by atoms with Gasteiger partial charge in [-0.05, 0) is 31.9 Å². The zero-order chi connectivity index (χ0) is 15.5. The van der Waals surface area contributed by atoms with Gasteiger partial charge in [-0.3, -0.25) is 4.79 Å². The average Bonchev–Trinajstić information content (AvgIpc) is 2.36. The Morgan fingerprint density at radius 3 is 2.40 bits per heavy atom. The number of carbonyl (C=O) groups excluding carboxylic acids is 1. The minimum Gasteiger partial charge on any atom is -0.328 e. The second-order valence-corrected chi connectivity index (χ2v) is 4.20. The van der Waals surface area contributed by atoms with Crippen molar-refractivity contribution in [2.75, 3.05) is 7.05 Å². The van der Waals surface area contributed by atoms with Crippen LogP contribution in [0.1, 0.15) is 31.0 Å². The van der Waals surface area contributed by atoms with E-state index in [2.05, 4.69) is 11.8 Å². The molecule has 1 atom stereocenters. The molecular weight excluding hydrogens is 274 g/mol. The Balaban J connectivity index is 3.08. The molecule has 0 aromatic heterocycles. The molecule has 1 amide bonds. The molecule has 6 heteroatoms. The quantitative estimate of drug-likeness (QED) is 0.603. The molecule has 1 rings (SSSR count). The molecule has 0 N–H and O–H groups in total. The summed E-state index contributed by atoms with van der Waals surface area (Å²) in [5.41, 5.74) is -1.06. The summed E-state index contributed by atoms with van der Waals surface area (Å²) < 4.78 is 51.1. The number of halogens is 4. The highest BCUT2D eigenvalue weighted by molar-refractivity contribution is 5.93. The Morgan fingerprint density at radius 2 is 1.95 bits per heavy atom. The van der Waals surface area contributed by atoms with Gasteiger partial charge in [0.1, 0.15) is 5.82 Å². The average molecular weight is 287 g/mol. The Hall–Kier alpha value is -2.03. The third kappa shape index (κ3) is 3.50. The van der Waals surface area contributed by atoms with E-state index in [1.807, 2.05) is 0 Å². The van der Waals surface area contributed by atoms with Gasteiger partial charge in [-0.15, -0.1) is 0 Å². The summed E-state index contributed by atoms with van der Waals surface area (Å²) >= 11 is 0. The Kier molecular flexibility index (Phi) is 4.77. The molecule has 0 bridgehead atoms. The predicted octanol–water partition coefficient (Wildman–Crippen LogP) is 3.39. The number of carbonyl (C=O) groups is 1. The van der Waals surface area contributed by atoms with Gasteiger partial charge in [-0.2, -0.15) is 13.2 Å². The lowest BCUT2D eigenvalue weighted by molar-refractivity contribution is -0.137. The molecule has 0 fully saturated rings. The third-order valence-electron chi connectivity index (χ3n) is 2.91. The van der Waals surface area contributed by atoms with Gasteiger partial charge in [0.15, 0.2) is 0 Å². The van der Waals surface area contributed by atoms with Crippen molar-refractivity contribution in [3.8, 4) is 11.8 Å². The van der Waals surface area contributed by atoms with Crippen LogP contribution >= 0.6 is 0 Å². The van der Waals surface area contributed by atoms with E-state index in [-0.39, 0.29) is 5.56 Å². The summed E-state index contributed by atoms with van der Waals surface area (Å²) in [6, 6.07) is 1.53. The van der Waals surface area contributed by atoms with Crippen LogP contribution in [-0.2, 0) is 11.0 Å². The second kappa shape index (κ2) is 5.95. The van der Waals surface area contributed by atoms with E-state index in [1.54, 1.807) is 0 Å². The van der Waals surface area contributed by atoms with E-state index in [0.29, 0.717) is 6.07 Å². The molecule has 0 saturated carbocycles. The number of amides is 1. The molecule has 1 aromatic carbocycles. The van der Waals surface area contributed by atoms with Crippen molar-refractivity contribution in [2.24, 2.45) is 0 Å². The van der Waals surface area contributed by atoms with Crippen LogP contribution in [0.3, 0.4) is 0 Å². The fourth-order valence-corrected chi connectivity index (χ4v) is 1.62. The van der Waals surface area contributed by atoms with Gasteiger partial charge in [-0.1, -0.05) is 12.0 Å². The Bertz CT molecular complexity index is 569. The van der Waals surface area contributed by atoms with E-state index >= 15 is 0 Å². The highest BCUT2D eigenvalue weighted by Gasteiger charge is 2.32. The van der Waals surface area contributed by atoms with Crippen LogP contribution in [0.15, 0.2) is 18.2 Å². The van der Waals surface area contributed by atoms with Crippen LogP contribution in [0.4, 0.5) is 17.6 Å². The topological polar surface area (TPSA) is 20.3 Å². The maximum atomic E-state index is 13.8. The summed E-state index contributed by atoms with van der Waals surface area (Å²) in [6.45, 7) is 3.00. The van der Waals surface area contributed by atoms with E-state index in [9.17, 15) is 22.4 Å². The molecule has 0 aliphatic carbocycles. The molecule has 1 unspecified atom stereocenters. The first-order chi connectivity index (χ1) is 9.18. The summed E-state index contributed by atoms with van der Waals surface area (Å²) in [5.74, 6) is 3.17. The third-order valence-corrected chi connectivity index (χ3v) is 2.91. The van der Waals surface area contributed by atoms with Crippen LogP contribution < -0.4 is 0 Å². The monoisotopic (exact) mass is 287 g/mol. The van der Waals surface area contributed by atoms with Crippen molar-refractivity contribution < 1.29 is 22.4 Å². The lowest BCUT2D eigenvalue weighted by Gasteiger charge is -2.24. The van der Waals surface area contributed by atoms with Crippen LogP contribution in [-0.4, -0.2) is 17.9 Å². The molecule has 2 nitrogen and oxygen atoms in total. The first-order valence-electron chi connectivity index (χ1n) is 5.74. The predicted molar refractivity (Wildman–Crippen MR) is 66.0 cm³/mol. The molecule has 0 heterocycles. The second-order valence-electron chi connectivity index (χ2n) is 4.20. The summed E-state index contributed by atoms with van der Waals surface area (Å²) in [4.78, 5) is 12.7. The van der Waals surface area contributed by atoms with E-state index in [4.69, 9.17) is 0 Å². The molecule has 0 aliphatic heterocycles. The first kappa shape index (κ1) is 16.0. The van der Waals surface area contributed by atoms with Crippen molar-refractivity contribution in [3.63, 3.8) is 0 Å². The first-order valence-corrected chi connectivity index (χ1v) is 5.74. The fourth-order valence-electron chi connectivity index (χ4n) is 1.62. The zero-order valence-corrected chi connectivity index (χ0v) is 11.2. The SMILES string of the molecule is CC#CC(=O)N(C)C(C)c1ccc(C(F)(F)F)cc1F. The smallest absolute Gasteiger partial charge is 0.328 e.